The number of halogens is 1. The smallest absolute Gasteiger partial charge is 0.249 e. The third-order valence-electron chi connectivity index (χ3n) is 11.7. The molecular formula is C41H45FN6O4. The monoisotopic (exact) mass is 704 g/mol. The molecule has 1 aliphatic carbocycles. The number of hydrogen-bond donors (Lipinski definition) is 3. The highest BCUT2D eigenvalue weighted by Crippen LogP contribution is 2.46. The number of aromatic hydroxyl groups is 1. The second-order valence-electron chi connectivity index (χ2n) is 14.7. The van der Waals surface area contributed by atoms with Crippen molar-refractivity contribution in [1.29, 1.82) is 0 Å². The van der Waals surface area contributed by atoms with E-state index in [0.29, 0.717) is 72.7 Å². The van der Waals surface area contributed by atoms with E-state index in [2.05, 4.69) is 37.4 Å². The molecule has 8 rings (SSSR count). The van der Waals surface area contributed by atoms with E-state index in [4.69, 9.17) is 10.5 Å². The van der Waals surface area contributed by atoms with Gasteiger partial charge in [-0.2, -0.15) is 0 Å². The Labute approximate surface area is 303 Å². The van der Waals surface area contributed by atoms with Crippen LogP contribution in [0.1, 0.15) is 80.8 Å². The molecule has 52 heavy (non-hydrogen) atoms. The Kier molecular flexibility index (Phi) is 9.53. The number of carbonyl (C=O) groups excluding carboxylic acids is 2. The number of nitrogen functional groups attached to an aromatic ring is 1. The lowest BCUT2D eigenvalue weighted by atomic mass is 9.79. The van der Waals surface area contributed by atoms with Crippen LogP contribution in [0.5, 0.6) is 11.5 Å². The lowest BCUT2D eigenvalue weighted by Gasteiger charge is -2.42. The lowest BCUT2D eigenvalue weighted by molar-refractivity contribution is -0.130. The molecule has 10 nitrogen and oxygen atoms in total. The van der Waals surface area contributed by atoms with Crippen LogP contribution >= 0.6 is 0 Å². The number of nitrogens with two attached hydrogens (primary N) is 1. The number of imide groups is 1. The summed E-state index contributed by atoms with van der Waals surface area (Å²) < 4.78 is 21.6. The molecule has 4 heterocycles. The number of fused-ring (bicyclic) bond motifs is 1. The van der Waals surface area contributed by atoms with Crippen molar-refractivity contribution in [3.8, 4) is 33.9 Å². The maximum atomic E-state index is 15.3. The van der Waals surface area contributed by atoms with Crippen LogP contribution in [0.4, 0.5) is 15.9 Å². The summed E-state index contributed by atoms with van der Waals surface area (Å²) in [7, 11) is 0. The summed E-state index contributed by atoms with van der Waals surface area (Å²) in [5.74, 6) is 1.06. The van der Waals surface area contributed by atoms with E-state index in [1.807, 2.05) is 18.2 Å². The lowest BCUT2D eigenvalue weighted by Crippen LogP contribution is -2.50. The molecule has 4 aromatic rings. The van der Waals surface area contributed by atoms with Crippen molar-refractivity contribution in [3.63, 3.8) is 0 Å². The maximum Gasteiger partial charge on any atom is 0.249 e. The van der Waals surface area contributed by atoms with E-state index < -0.39 is 0 Å². The van der Waals surface area contributed by atoms with Crippen LogP contribution in [0, 0.1) is 5.82 Å². The van der Waals surface area contributed by atoms with Gasteiger partial charge in [-0.05, 0) is 124 Å². The van der Waals surface area contributed by atoms with Crippen molar-refractivity contribution in [2.45, 2.75) is 81.7 Å². The number of piperidine rings is 1. The Morgan fingerprint density at radius 3 is 2.44 bits per heavy atom. The zero-order valence-electron chi connectivity index (χ0n) is 29.3. The Morgan fingerprint density at radius 2 is 1.63 bits per heavy atom. The first-order valence-corrected chi connectivity index (χ1v) is 18.7. The van der Waals surface area contributed by atoms with Gasteiger partial charge >= 0.3 is 0 Å². The van der Waals surface area contributed by atoms with E-state index in [1.165, 1.54) is 11.6 Å². The van der Waals surface area contributed by atoms with Gasteiger partial charge in [0.15, 0.2) is 5.82 Å². The number of benzene rings is 3. The summed E-state index contributed by atoms with van der Waals surface area (Å²) in [5.41, 5.74) is 11.3. The van der Waals surface area contributed by atoms with Gasteiger partial charge in [-0.15, -0.1) is 10.2 Å². The minimum atomic E-state index is -0.370. The van der Waals surface area contributed by atoms with Crippen LogP contribution in [-0.2, 0) is 9.59 Å². The van der Waals surface area contributed by atoms with Crippen LogP contribution < -0.4 is 20.7 Å². The van der Waals surface area contributed by atoms with Crippen LogP contribution in [0.2, 0.25) is 0 Å². The summed E-state index contributed by atoms with van der Waals surface area (Å²) in [5, 5.41) is 21.2. The predicted molar refractivity (Wildman–Crippen MR) is 198 cm³/mol. The molecule has 1 aromatic heterocycles. The van der Waals surface area contributed by atoms with Gasteiger partial charge in [0, 0.05) is 29.2 Å². The molecule has 4 N–H and O–H groups in total. The number of ether oxygens (including phenoxy) is 1. The Morgan fingerprint density at radius 1 is 0.827 bits per heavy atom. The van der Waals surface area contributed by atoms with Crippen molar-refractivity contribution in [3.05, 3.63) is 83.7 Å². The number of carbonyl (C=O) groups is 2. The second kappa shape index (κ2) is 14.5. The van der Waals surface area contributed by atoms with Crippen molar-refractivity contribution >= 4 is 23.3 Å². The summed E-state index contributed by atoms with van der Waals surface area (Å²) in [6.07, 6.45) is 8.11. The number of nitrogens with zero attached hydrogens (tertiary/aromatic N) is 4. The zero-order chi connectivity index (χ0) is 35.8. The molecule has 3 aromatic carbocycles. The predicted octanol–water partition coefficient (Wildman–Crippen LogP) is 6.54. The van der Waals surface area contributed by atoms with Gasteiger partial charge in [0.25, 0.3) is 0 Å². The number of hydrogen-bond acceptors (Lipinski definition) is 9. The molecule has 0 spiro atoms. The average Bonchev–Trinajstić information content (AvgIpc) is 3.34. The quantitative estimate of drug-likeness (QED) is 0.192. The Bertz CT molecular complexity index is 1970. The van der Waals surface area contributed by atoms with E-state index in [0.717, 1.165) is 68.6 Å². The number of anilines is 2. The minimum absolute atomic E-state index is 0.0728. The van der Waals surface area contributed by atoms with Crippen LogP contribution in [0.3, 0.4) is 0 Å². The van der Waals surface area contributed by atoms with Gasteiger partial charge in [0.1, 0.15) is 30.0 Å². The topological polar surface area (TPSA) is 134 Å². The van der Waals surface area contributed by atoms with Gasteiger partial charge in [-0.25, -0.2) is 4.39 Å². The second-order valence-corrected chi connectivity index (χ2v) is 14.7. The number of phenolic OH excluding ortho intramolecular Hbond substituents is 1. The molecule has 2 amide bonds. The highest BCUT2D eigenvalue weighted by atomic mass is 19.1. The third-order valence-corrected chi connectivity index (χ3v) is 11.7. The first-order chi connectivity index (χ1) is 25.3. The number of rotatable bonds is 6. The van der Waals surface area contributed by atoms with Crippen LogP contribution in [-0.4, -0.2) is 70.3 Å². The summed E-state index contributed by atoms with van der Waals surface area (Å²) in [4.78, 5) is 29.7. The number of amides is 2. The highest BCUT2D eigenvalue weighted by Gasteiger charge is 2.36. The molecule has 270 valence electrons. The number of likely N-dealkylation sites (tertiary alicyclic amines) is 1. The Balaban J connectivity index is 0.910. The summed E-state index contributed by atoms with van der Waals surface area (Å²) in [6.45, 7) is 3.13. The number of para-hydroxylation sites is 2. The zero-order valence-corrected chi connectivity index (χ0v) is 29.3. The van der Waals surface area contributed by atoms with Crippen molar-refractivity contribution in [1.82, 2.24) is 20.4 Å². The maximum absolute atomic E-state index is 15.3. The van der Waals surface area contributed by atoms with E-state index in [1.54, 1.807) is 30.3 Å². The van der Waals surface area contributed by atoms with Gasteiger partial charge in [0.2, 0.25) is 11.8 Å². The molecule has 4 aliphatic rings. The minimum Gasteiger partial charge on any atom is -0.507 e. The highest BCUT2D eigenvalue weighted by molar-refractivity contribution is 6.00. The van der Waals surface area contributed by atoms with E-state index in [9.17, 15) is 14.7 Å². The van der Waals surface area contributed by atoms with Crippen molar-refractivity contribution in [2.24, 2.45) is 0 Å². The largest absolute Gasteiger partial charge is 0.507 e. The molecule has 2 saturated heterocycles. The molecule has 1 saturated carbocycles. The fourth-order valence-corrected chi connectivity index (χ4v) is 8.90. The van der Waals surface area contributed by atoms with Gasteiger partial charge in [-0.3, -0.25) is 14.9 Å². The first kappa shape index (κ1) is 34.1. The normalized spacial score (nSPS) is 23.0. The number of aromatic nitrogens is 2. The van der Waals surface area contributed by atoms with E-state index >= 15 is 4.39 Å². The SMILES string of the molecule is Nc1nnc(-c2ccccc2O)cc1-c1cc(C2CCN(C3CCC(c4cccc5c4OCCN5[C@H]4CCCC(=O)NC4=O)CC3)CC2)ccc1F. The molecule has 0 radical (unpaired) electrons. The first-order valence-electron chi connectivity index (χ1n) is 18.7. The summed E-state index contributed by atoms with van der Waals surface area (Å²) in [6, 6.07) is 20.4. The molecule has 11 heteroatoms. The Hall–Kier alpha value is -5.03. The van der Waals surface area contributed by atoms with Crippen molar-refractivity contribution < 1.29 is 23.8 Å². The fourth-order valence-electron chi connectivity index (χ4n) is 8.90. The third kappa shape index (κ3) is 6.69. The van der Waals surface area contributed by atoms with Gasteiger partial charge in [-0.1, -0.05) is 30.3 Å². The van der Waals surface area contributed by atoms with Crippen molar-refractivity contribution in [2.75, 3.05) is 36.9 Å². The average molecular weight is 705 g/mol. The molecule has 0 unspecified atom stereocenters. The molecule has 0 bridgehead atoms. The van der Waals surface area contributed by atoms with Gasteiger partial charge < -0.3 is 25.4 Å². The van der Waals surface area contributed by atoms with Gasteiger partial charge in [0.05, 0.1) is 17.9 Å². The molecule has 3 aliphatic heterocycles. The molecule has 1 atom stereocenters. The molecular weight excluding hydrogens is 659 g/mol. The fraction of sp³-hybridized carbons (Fsp3) is 0.415. The number of nitrogens with one attached hydrogen (secondary N) is 1. The standard InChI is InChI=1S/C41H45FN6O4/c42-33-16-13-27(23-31(33)32-24-34(45-46-40(32)43)30-5-1-2-9-37(30)49)25-17-19-47(20-18-25)28-14-11-26(12-15-28)29-6-3-7-35-39(29)52-22-21-48(35)36-8-4-10-38(50)44-41(36)51/h1-3,5-7,9,13,16,23-26,28,36,49H,4,8,10-12,14-15,17-22H2,(H2,43,46)(H,44,50,51)/t26?,28?,36-/m0/s1. The number of phenols is 1. The molecule has 3 fully saturated rings. The summed E-state index contributed by atoms with van der Waals surface area (Å²) >= 11 is 0. The van der Waals surface area contributed by atoms with E-state index in [-0.39, 0.29) is 35.2 Å². The van der Waals surface area contributed by atoms with Crippen LogP contribution in [0.25, 0.3) is 22.4 Å². The van der Waals surface area contributed by atoms with Crippen LogP contribution in [0.15, 0.2) is 66.7 Å².